The summed E-state index contributed by atoms with van der Waals surface area (Å²) >= 11 is 0. The molecule has 0 bridgehead atoms. The van der Waals surface area contributed by atoms with E-state index in [1.165, 1.54) is 11.1 Å². The summed E-state index contributed by atoms with van der Waals surface area (Å²) in [6.45, 7) is 6.65. The summed E-state index contributed by atoms with van der Waals surface area (Å²) in [5.74, 6) is 0.781. The summed E-state index contributed by atoms with van der Waals surface area (Å²) in [4.78, 5) is 0. The van der Waals surface area contributed by atoms with Gasteiger partial charge in [0.05, 0.1) is 0 Å². The van der Waals surface area contributed by atoms with Gasteiger partial charge in [-0.05, 0) is 17.0 Å². The van der Waals surface area contributed by atoms with Crippen LogP contribution in [0.3, 0.4) is 0 Å². The molecule has 0 aliphatic rings. The molecule has 1 atom stereocenters. The van der Waals surface area contributed by atoms with Crippen LogP contribution in [0.4, 0.5) is 0 Å². The van der Waals surface area contributed by atoms with E-state index in [9.17, 15) is 0 Å². The maximum absolute atomic E-state index is 9.09. The molecule has 0 amide bonds. The van der Waals surface area contributed by atoms with Crippen LogP contribution in [0.2, 0.25) is 0 Å². The molecular weight excluding hydrogens is 160 g/mol. The molecular formula is C12H18O. The van der Waals surface area contributed by atoms with Crippen LogP contribution in [-0.4, -0.2) is 11.7 Å². The quantitative estimate of drug-likeness (QED) is 0.754. The van der Waals surface area contributed by atoms with Crippen LogP contribution in [0, 0.1) is 0 Å². The van der Waals surface area contributed by atoms with Crippen molar-refractivity contribution in [3.63, 3.8) is 0 Å². The van der Waals surface area contributed by atoms with E-state index in [4.69, 9.17) is 5.11 Å². The number of rotatable bonds is 3. The van der Waals surface area contributed by atoms with Crippen molar-refractivity contribution in [3.8, 4) is 0 Å². The second-order valence-electron chi connectivity index (χ2n) is 3.87. The van der Waals surface area contributed by atoms with Gasteiger partial charge in [0.1, 0.15) is 0 Å². The molecule has 0 heterocycles. The lowest BCUT2D eigenvalue weighted by atomic mass is 9.90. The van der Waals surface area contributed by atoms with Crippen molar-refractivity contribution < 1.29 is 5.11 Å². The highest BCUT2D eigenvalue weighted by molar-refractivity contribution is 5.32. The molecule has 0 aromatic heterocycles. The Hall–Kier alpha value is -0.820. The van der Waals surface area contributed by atoms with Crippen LogP contribution >= 0.6 is 0 Å². The first-order valence-electron chi connectivity index (χ1n) is 4.86. The monoisotopic (exact) mass is 178 g/mol. The van der Waals surface area contributed by atoms with Crippen molar-refractivity contribution in [2.24, 2.45) is 0 Å². The first kappa shape index (κ1) is 10.3. The average Bonchev–Trinajstić information content (AvgIpc) is 2.16. The number of hydrogen-bond donors (Lipinski definition) is 1. The van der Waals surface area contributed by atoms with E-state index in [1.807, 2.05) is 6.07 Å². The Morgan fingerprint density at radius 3 is 2.08 bits per heavy atom. The molecule has 0 spiro atoms. The van der Waals surface area contributed by atoms with Crippen molar-refractivity contribution in [2.75, 3.05) is 6.61 Å². The Bertz CT molecular complexity index is 266. The smallest absolute Gasteiger partial charge is 0.0497 e. The van der Waals surface area contributed by atoms with Crippen LogP contribution in [0.5, 0.6) is 0 Å². The fourth-order valence-corrected chi connectivity index (χ4v) is 1.58. The molecule has 0 radical (unpaired) electrons. The van der Waals surface area contributed by atoms with E-state index >= 15 is 0 Å². The number of aliphatic hydroxyl groups is 1. The zero-order valence-electron chi connectivity index (χ0n) is 8.62. The summed E-state index contributed by atoms with van der Waals surface area (Å²) in [6.07, 6.45) is 0. The summed E-state index contributed by atoms with van der Waals surface area (Å²) in [5.41, 5.74) is 2.63. The van der Waals surface area contributed by atoms with Crippen LogP contribution < -0.4 is 0 Å². The highest BCUT2D eigenvalue weighted by Gasteiger charge is 2.10. The van der Waals surface area contributed by atoms with E-state index < -0.39 is 0 Å². The Morgan fingerprint density at radius 2 is 1.62 bits per heavy atom. The minimum Gasteiger partial charge on any atom is -0.396 e. The fraction of sp³-hybridized carbons (Fsp3) is 0.500. The summed E-state index contributed by atoms with van der Waals surface area (Å²) < 4.78 is 0. The normalized spacial score (nSPS) is 13.3. The van der Waals surface area contributed by atoms with E-state index in [1.54, 1.807) is 0 Å². The van der Waals surface area contributed by atoms with Gasteiger partial charge in [-0.15, -0.1) is 0 Å². The highest BCUT2D eigenvalue weighted by Crippen LogP contribution is 2.25. The lowest BCUT2D eigenvalue weighted by Crippen LogP contribution is -2.04. The Labute approximate surface area is 80.4 Å². The molecule has 0 fully saturated rings. The van der Waals surface area contributed by atoms with Crippen molar-refractivity contribution >= 4 is 0 Å². The minimum atomic E-state index is 0.226. The SMILES string of the molecule is CC(C)c1ccccc1C(C)CO. The number of benzene rings is 1. The lowest BCUT2D eigenvalue weighted by Gasteiger charge is -2.16. The molecule has 1 N–H and O–H groups in total. The molecule has 1 nitrogen and oxygen atoms in total. The van der Waals surface area contributed by atoms with Gasteiger partial charge in [-0.25, -0.2) is 0 Å². The van der Waals surface area contributed by atoms with E-state index in [-0.39, 0.29) is 12.5 Å². The van der Waals surface area contributed by atoms with Crippen LogP contribution in [0.15, 0.2) is 24.3 Å². The molecule has 0 saturated carbocycles. The zero-order valence-corrected chi connectivity index (χ0v) is 8.62. The fourth-order valence-electron chi connectivity index (χ4n) is 1.58. The minimum absolute atomic E-state index is 0.226. The Balaban J connectivity index is 3.04. The first-order valence-corrected chi connectivity index (χ1v) is 4.86. The molecule has 1 aromatic rings. The van der Waals surface area contributed by atoms with Gasteiger partial charge in [0.15, 0.2) is 0 Å². The van der Waals surface area contributed by atoms with Gasteiger partial charge in [0, 0.05) is 12.5 Å². The number of aliphatic hydroxyl groups excluding tert-OH is 1. The summed E-state index contributed by atoms with van der Waals surface area (Å²) in [6, 6.07) is 8.35. The molecule has 1 unspecified atom stereocenters. The van der Waals surface area contributed by atoms with Gasteiger partial charge in [-0.2, -0.15) is 0 Å². The van der Waals surface area contributed by atoms with Gasteiger partial charge >= 0.3 is 0 Å². The molecule has 1 heteroatoms. The molecule has 1 rings (SSSR count). The first-order chi connectivity index (χ1) is 6.16. The van der Waals surface area contributed by atoms with Gasteiger partial charge in [0.25, 0.3) is 0 Å². The standard InChI is InChI=1S/C12H18O/c1-9(2)11-6-4-5-7-12(11)10(3)8-13/h4-7,9-10,13H,8H2,1-3H3. The van der Waals surface area contributed by atoms with E-state index in [0.29, 0.717) is 5.92 Å². The Morgan fingerprint density at radius 1 is 1.08 bits per heavy atom. The van der Waals surface area contributed by atoms with Crippen molar-refractivity contribution in [3.05, 3.63) is 35.4 Å². The third kappa shape index (κ3) is 2.31. The van der Waals surface area contributed by atoms with Crippen molar-refractivity contribution in [2.45, 2.75) is 32.6 Å². The lowest BCUT2D eigenvalue weighted by molar-refractivity contribution is 0.272. The van der Waals surface area contributed by atoms with Crippen LogP contribution in [0.1, 0.15) is 43.7 Å². The maximum Gasteiger partial charge on any atom is 0.0497 e. The van der Waals surface area contributed by atoms with Gasteiger partial charge in [-0.1, -0.05) is 45.0 Å². The number of hydrogen-bond acceptors (Lipinski definition) is 1. The topological polar surface area (TPSA) is 20.2 Å². The predicted molar refractivity (Wildman–Crippen MR) is 56.0 cm³/mol. The van der Waals surface area contributed by atoms with Gasteiger partial charge < -0.3 is 5.11 Å². The third-order valence-corrected chi connectivity index (χ3v) is 2.42. The zero-order chi connectivity index (χ0) is 9.84. The Kier molecular flexibility index (Phi) is 3.49. The van der Waals surface area contributed by atoms with Crippen LogP contribution in [-0.2, 0) is 0 Å². The molecule has 0 aliphatic heterocycles. The second-order valence-corrected chi connectivity index (χ2v) is 3.87. The summed E-state index contributed by atoms with van der Waals surface area (Å²) in [5, 5.41) is 9.09. The van der Waals surface area contributed by atoms with Crippen molar-refractivity contribution in [1.29, 1.82) is 0 Å². The average molecular weight is 178 g/mol. The van der Waals surface area contributed by atoms with E-state index in [0.717, 1.165) is 0 Å². The molecule has 72 valence electrons. The maximum atomic E-state index is 9.09. The van der Waals surface area contributed by atoms with Crippen LogP contribution in [0.25, 0.3) is 0 Å². The molecule has 0 saturated heterocycles. The molecule has 1 aromatic carbocycles. The molecule has 13 heavy (non-hydrogen) atoms. The van der Waals surface area contributed by atoms with Gasteiger partial charge in [-0.3, -0.25) is 0 Å². The second kappa shape index (κ2) is 4.43. The van der Waals surface area contributed by atoms with E-state index in [2.05, 4.69) is 39.0 Å². The molecule has 0 aliphatic carbocycles. The largest absolute Gasteiger partial charge is 0.396 e. The predicted octanol–water partition coefficient (Wildman–Crippen LogP) is 2.91. The summed E-state index contributed by atoms with van der Waals surface area (Å²) in [7, 11) is 0. The highest BCUT2D eigenvalue weighted by atomic mass is 16.3. The van der Waals surface area contributed by atoms with Crippen molar-refractivity contribution in [1.82, 2.24) is 0 Å². The van der Waals surface area contributed by atoms with Gasteiger partial charge in [0.2, 0.25) is 0 Å². The third-order valence-electron chi connectivity index (χ3n) is 2.42.